The minimum Gasteiger partial charge on any atom is -0.756 e. The average molecular weight is 140 g/mol. The molecule has 0 aliphatic heterocycles. The zero-order valence-electron chi connectivity index (χ0n) is 4.49. The van der Waals surface area contributed by atoms with Crippen molar-refractivity contribution in [3.8, 4) is 0 Å². The molecular formula is C2H6NO4S-. The van der Waals surface area contributed by atoms with Gasteiger partial charge >= 0.3 is 0 Å². The predicted molar refractivity (Wildman–Crippen MR) is 24.8 cm³/mol. The molecule has 8 heavy (non-hydrogen) atoms. The Labute approximate surface area is 49.5 Å². The Morgan fingerprint density at radius 2 is 1.88 bits per heavy atom. The van der Waals surface area contributed by atoms with E-state index < -0.39 is 11.3 Å². The second-order valence-corrected chi connectivity index (χ2v) is 1.54. The zero-order valence-corrected chi connectivity index (χ0v) is 5.30. The monoisotopic (exact) mass is 140 g/mol. The smallest absolute Gasteiger partial charge is 0.0752 e. The lowest BCUT2D eigenvalue weighted by Crippen LogP contribution is -2.22. The van der Waals surface area contributed by atoms with Crippen molar-refractivity contribution in [2.75, 3.05) is 14.2 Å². The van der Waals surface area contributed by atoms with Gasteiger partial charge in [-0.15, -0.1) is 0 Å². The molecule has 0 radical (unpaired) electrons. The van der Waals surface area contributed by atoms with Gasteiger partial charge in [-0.25, -0.2) is 0 Å². The summed E-state index contributed by atoms with van der Waals surface area (Å²) >= 11 is -2.46. The van der Waals surface area contributed by atoms with E-state index in [0.717, 1.165) is 0 Å². The van der Waals surface area contributed by atoms with Crippen molar-refractivity contribution in [1.29, 1.82) is 0 Å². The standard InChI is InChI=1S/C2H7NO4S/c1-6-3(7-2)8(4)5/h1-2H3,(H,4,5)/p-1. The Kier molecular flexibility index (Phi) is 3.92. The molecule has 0 heterocycles. The first-order chi connectivity index (χ1) is 3.72. The molecule has 0 bridgehead atoms. The zero-order chi connectivity index (χ0) is 6.57. The third kappa shape index (κ3) is 2.34. The summed E-state index contributed by atoms with van der Waals surface area (Å²) in [5, 5.41) is 0. The maximum atomic E-state index is 9.84. The number of hydrogen-bond acceptors (Lipinski definition) is 4. The number of hydrogen-bond donors (Lipinski definition) is 0. The molecule has 0 saturated heterocycles. The van der Waals surface area contributed by atoms with Crippen molar-refractivity contribution >= 4 is 11.3 Å². The topological polar surface area (TPSA) is 61.8 Å². The molecule has 6 heteroatoms. The van der Waals surface area contributed by atoms with E-state index >= 15 is 0 Å². The average Bonchev–Trinajstić information content (AvgIpc) is 1.69. The number of rotatable bonds is 3. The first-order valence-electron chi connectivity index (χ1n) is 1.70. The van der Waals surface area contributed by atoms with E-state index in [2.05, 4.69) is 9.68 Å². The largest absolute Gasteiger partial charge is 0.756 e. The highest BCUT2D eigenvalue weighted by atomic mass is 32.2. The Hall–Kier alpha value is -0.0100. The van der Waals surface area contributed by atoms with Gasteiger partial charge < -0.3 is 4.55 Å². The van der Waals surface area contributed by atoms with Crippen molar-refractivity contribution in [3.63, 3.8) is 0 Å². The van der Waals surface area contributed by atoms with Crippen LogP contribution in [-0.4, -0.2) is 27.6 Å². The molecular weight excluding hydrogens is 134 g/mol. The second kappa shape index (κ2) is 3.93. The molecule has 1 atom stereocenters. The third-order valence-electron chi connectivity index (χ3n) is 0.420. The fourth-order valence-electron chi connectivity index (χ4n) is 0.196. The molecule has 0 N–H and O–H groups in total. The Bertz CT molecular complexity index is 82.1. The predicted octanol–water partition coefficient (Wildman–Crippen LogP) is -0.795. The summed E-state index contributed by atoms with van der Waals surface area (Å²) in [7, 11) is 2.36. The van der Waals surface area contributed by atoms with Crippen molar-refractivity contribution in [2.24, 2.45) is 0 Å². The quantitative estimate of drug-likeness (QED) is 0.380. The van der Waals surface area contributed by atoms with Crippen LogP contribution < -0.4 is 0 Å². The van der Waals surface area contributed by atoms with Crippen LogP contribution in [0.25, 0.3) is 0 Å². The van der Waals surface area contributed by atoms with E-state index in [1.807, 2.05) is 0 Å². The van der Waals surface area contributed by atoms with Gasteiger partial charge in [0.05, 0.1) is 25.5 Å². The van der Waals surface area contributed by atoms with Gasteiger partial charge in [-0.1, -0.05) is 0 Å². The summed E-state index contributed by atoms with van der Waals surface area (Å²) in [5.74, 6) is 0. The van der Waals surface area contributed by atoms with Gasteiger partial charge in [0.25, 0.3) is 0 Å². The van der Waals surface area contributed by atoms with Crippen LogP contribution in [0.4, 0.5) is 0 Å². The second-order valence-electron chi connectivity index (χ2n) is 0.806. The molecule has 0 spiro atoms. The molecule has 50 valence electrons. The molecule has 5 nitrogen and oxygen atoms in total. The molecule has 0 fully saturated rings. The first kappa shape index (κ1) is 7.99. The van der Waals surface area contributed by atoms with Gasteiger partial charge in [0.2, 0.25) is 0 Å². The highest BCUT2D eigenvalue weighted by Gasteiger charge is 1.97. The lowest BCUT2D eigenvalue weighted by atomic mass is 11.7. The molecule has 1 unspecified atom stereocenters. The lowest BCUT2D eigenvalue weighted by Gasteiger charge is -2.16. The van der Waals surface area contributed by atoms with Gasteiger partial charge in [0.15, 0.2) is 0 Å². The van der Waals surface area contributed by atoms with Gasteiger partial charge in [0.1, 0.15) is 0 Å². The van der Waals surface area contributed by atoms with E-state index in [1.165, 1.54) is 14.2 Å². The van der Waals surface area contributed by atoms with Crippen LogP contribution in [0, 0.1) is 0 Å². The van der Waals surface area contributed by atoms with Crippen LogP contribution in [0.2, 0.25) is 0 Å². The first-order valence-corrected chi connectivity index (χ1v) is 2.73. The van der Waals surface area contributed by atoms with Crippen LogP contribution >= 0.6 is 0 Å². The summed E-state index contributed by atoms with van der Waals surface area (Å²) in [6.07, 6.45) is 0. The van der Waals surface area contributed by atoms with Crippen molar-refractivity contribution < 1.29 is 18.4 Å². The van der Waals surface area contributed by atoms with Crippen LogP contribution in [0.1, 0.15) is 0 Å². The van der Waals surface area contributed by atoms with Crippen molar-refractivity contribution in [1.82, 2.24) is 4.63 Å². The highest BCUT2D eigenvalue weighted by molar-refractivity contribution is 7.76. The Morgan fingerprint density at radius 3 is 1.88 bits per heavy atom. The summed E-state index contributed by atoms with van der Waals surface area (Å²) in [6, 6.07) is 0. The fourth-order valence-corrected chi connectivity index (χ4v) is 0.440. The minimum atomic E-state index is -2.46. The number of nitrogens with zero attached hydrogens (tertiary/aromatic N) is 1. The van der Waals surface area contributed by atoms with Crippen LogP contribution in [0.15, 0.2) is 0 Å². The van der Waals surface area contributed by atoms with E-state index in [-0.39, 0.29) is 0 Å². The molecule has 0 amide bonds. The fraction of sp³-hybridized carbons (Fsp3) is 1.00. The SMILES string of the molecule is CON(OC)S(=O)[O-]. The summed E-state index contributed by atoms with van der Waals surface area (Å²) in [4.78, 5) is 8.32. The van der Waals surface area contributed by atoms with E-state index in [0.29, 0.717) is 4.63 Å². The molecule has 0 aliphatic carbocycles. The maximum absolute atomic E-state index is 9.84. The van der Waals surface area contributed by atoms with E-state index in [9.17, 15) is 8.76 Å². The highest BCUT2D eigenvalue weighted by Crippen LogP contribution is 1.88. The Morgan fingerprint density at radius 1 is 1.50 bits per heavy atom. The summed E-state index contributed by atoms with van der Waals surface area (Å²) < 4.78 is 20.0. The van der Waals surface area contributed by atoms with Gasteiger partial charge in [-0.3, -0.25) is 13.9 Å². The van der Waals surface area contributed by atoms with E-state index in [1.54, 1.807) is 0 Å². The maximum Gasteiger partial charge on any atom is 0.0752 e. The summed E-state index contributed by atoms with van der Waals surface area (Å²) in [5.41, 5.74) is 0. The van der Waals surface area contributed by atoms with Crippen LogP contribution in [0.3, 0.4) is 0 Å². The lowest BCUT2D eigenvalue weighted by molar-refractivity contribution is -0.271. The molecule has 0 aromatic rings. The third-order valence-corrected chi connectivity index (χ3v) is 0.961. The van der Waals surface area contributed by atoms with E-state index in [4.69, 9.17) is 0 Å². The molecule has 0 aliphatic rings. The van der Waals surface area contributed by atoms with Crippen molar-refractivity contribution in [3.05, 3.63) is 0 Å². The van der Waals surface area contributed by atoms with Crippen molar-refractivity contribution in [2.45, 2.75) is 0 Å². The van der Waals surface area contributed by atoms with Crippen LogP contribution in [-0.2, 0) is 20.9 Å². The molecule has 0 saturated carbocycles. The van der Waals surface area contributed by atoms with Gasteiger partial charge in [0, 0.05) is 4.63 Å². The van der Waals surface area contributed by atoms with Crippen LogP contribution in [0.5, 0.6) is 0 Å². The molecule has 0 aromatic carbocycles. The Balaban J connectivity index is 3.52. The van der Waals surface area contributed by atoms with Gasteiger partial charge in [-0.05, 0) is 0 Å². The molecule has 0 rings (SSSR count). The normalized spacial score (nSPS) is 14.5. The van der Waals surface area contributed by atoms with Gasteiger partial charge in [-0.2, -0.15) is 0 Å². The molecule has 0 aromatic heterocycles. The summed E-state index contributed by atoms with van der Waals surface area (Å²) in [6.45, 7) is 0. The minimum absolute atomic E-state index is 0.333.